The number of unbranched alkanes of at least 4 members (excludes halogenated alkanes) is 8. The van der Waals surface area contributed by atoms with Gasteiger partial charge in [0.05, 0.1) is 26.4 Å². The van der Waals surface area contributed by atoms with Crippen molar-refractivity contribution < 1.29 is 57.1 Å². The van der Waals surface area contributed by atoms with Crippen LogP contribution in [0.3, 0.4) is 0 Å². The standard InChI is InChI=1S/C19H34O6.C18H32O6.C10H16.C3H8/c1-4-22-12-9-10-13-23-15-16-24-18(20)11-7-5-6-8-14-25-19(21)17(2)3;1-16(2)18(20)24-13-7-5-4-6-10-17(19)23-15-14-22-12-9-8-11-21-3;1-2-9-7-4-5-8(6-7)10(9)3-1;1-3-2/h2,4-16H2,1,3H3;1,4-15H2,2-3H3;7-10H,1-6H2;3H2,1-2H3. The average molecular weight is 883 g/mol. The van der Waals surface area contributed by atoms with E-state index in [0.717, 1.165) is 96.9 Å². The van der Waals surface area contributed by atoms with Gasteiger partial charge in [0.1, 0.15) is 13.2 Å². The van der Waals surface area contributed by atoms with Gasteiger partial charge in [-0.2, -0.15) is 0 Å². The first kappa shape index (κ1) is 59.2. The first-order chi connectivity index (χ1) is 30.0. The number of hydrogen-bond acceptors (Lipinski definition) is 12. The maximum atomic E-state index is 11.5. The fraction of sp³-hybridized carbons (Fsp3) is 0.840. The van der Waals surface area contributed by atoms with Gasteiger partial charge < -0.3 is 37.9 Å². The van der Waals surface area contributed by atoms with Gasteiger partial charge in [0.25, 0.3) is 0 Å². The Morgan fingerprint density at radius 2 is 0.855 bits per heavy atom. The van der Waals surface area contributed by atoms with Gasteiger partial charge in [0.2, 0.25) is 0 Å². The van der Waals surface area contributed by atoms with E-state index in [4.69, 9.17) is 37.9 Å². The summed E-state index contributed by atoms with van der Waals surface area (Å²) in [5, 5.41) is 0. The summed E-state index contributed by atoms with van der Waals surface area (Å²) in [7, 11) is 1.68. The number of fused-ring (bicyclic) bond motifs is 5. The maximum absolute atomic E-state index is 11.5. The molecule has 0 aromatic carbocycles. The number of carbonyl (C=O) groups is 4. The van der Waals surface area contributed by atoms with Crippen LogP contribution in [-0.4, -0.2) is 104 Å². The van der Waals surface area contributed by atoms with Gasteiger partial charge in [-0.3, -0.25) is 9.59 Å². The van der Waals surface area contributed by atoms with E-state index < -0.39 is 0 Å². The molecule has 0 radical (unpaired) electrons. The summed E-state index contributed by atoms with van der Waals surface area (Å²) in [6, 6.07) is 0. The molecule has 0 aromatic rings. The summed E-state index contributed by atoms with van der Waals surface area (Å²) in [6.45, 7) is 22.4. The minimum Gasteiger partial charge on any atom is -0.463 e. The highest BCUT2D eigenvalue weighted by atomic mass is 16.6. The lowest BCUT2D eigenvalue weighted by molar-refractivity contribution is -0.146. The van der Waals surface area contributed by atoms with Crippen LogP contribution in [0.1, 0.15) is 169 Å². The van der Waals surface area contributed by atoms with Crippen LogP contribution in [0.5, 0.6) is 0 Å². The first-order valence-electron chi connectivity index (χ1n) is 24.2. The molecule has 12 heteroatoms. The molecule has 3 fully saturated rings. The van der Waals surface area contributed by atoms with Crippen LogP contribution < -0.4 is 0 Å². The van der Waals surface area contributed by atoms with Crippen LogP contribution in [0.15, 0.2) is 24.3 Å². The van der Waals surface area contributed by atoms with Crippen molar-refractivity contribution in [2.24, 2.45) is 23.7 Å². The molecule has 0 aliphatic heterocycles. The van der Waals surface area contributed by atoms with E-state index in [-0.39, 0.29) is 23.9 Å². The largest absolute Gasteiger partial charge is 0.463 e. The summed E-state index contributed by atoms with van der Waals surface area (Å²) < 4.78 is 41.1. The Bertz CT molecular complexity index is 1140. The molecule has 0 saturated heterocycles. The average Bonchev–Trinajstić information content (AvgIpc) is 4.02. The molecule has 362 valence electrons. The van der Waals surface area contributed by atoms with E-state index in [2.05, 4.69) is 27.0 Å². The molecule has 4 unspecified atom stereocenters. The zero-order chi connectivity index (χ0) is 46.1. The highest BCUT2D eigenvalue weighted by Crippen LogP contribution is 2.58. The summed E-state index contributed by atoms with van der Waals surface area (Å²) in [5.41, 5.74) is 0.828. The molecule has 3 aliphatic carbocycles. The zero-order valence-electron chi connectivity index (χ0n) is 40.3. The predicted molar refractivity (Wildman–Crippen MR) is 246 cm³/mol. The molecule has 3 aliphatic rings. The van der Waals surface area contributed by atoms with Crippen LogP contribution in [0.25, 0.3) is 0 Å². The van der Waals surface area contributed by atoms with Crippen LogP contribution in [0.4, 0.5) is 0 Å². The highest BCUT2D eigenvalue weighted by molar-refractivity contribution is 5.87. The van der Waals surface area contributed by atoms with Crippen LogP contribution in [0, 0.1) is 23.7 Å². The number of methoxy groups -OCH3 is 1. The van der Waals surface area contributed by atoms with E-state index in [0.29, 0.717) is 76.8 Å². The maximum Gasteiger partial charge on any atom is 0.333 e. The molecule has 3 rings (SSSR count). The summed E-state index contributed by atoms with van der Waals surface area (Å²) in [6.07, 6.45) is 22.3. The molecule has 0 N–H and O–H groups in total. The summed E-state index contributed by atoms with van der Waals surface area (Å²) >= 11 is 0. The van der Waals surface area contributed by atoms with E-state index in [9.17, 15) is 19.2 Å². The lowest BCUT2D eigenvalue weighted by Crippen LogP contribution is -2.15. The van der Waals surface area contributed by atoms with Crippen molar-refractivity contribution in [1.82, 2.24) is 0 Å². The second-order valence-corrected chi connectivity index (χ2v) is 16.7. The molecule has 0 spiro atoms. The number of esters is 4. The number of carbonyl (C=O) groups excluding carboxylic acids is 4. The van der Waals surface area contributed by atoms with E-state index in [1.807, 2.05) is 6.92 Å². The Morgan fingerprint density at radius 3 is 1.26 bits per heavy atom. The number of hydrogen-bond donors (Lipinski definition) is 0. The Hall–Kier alpha value is -2.80. The lowest BCUT2D eigenvalue weighted by Gasteiger charge is -2.23. The van der Waals surface area contributed by atoms with Crippen molar-refractivity contribution in [2.75, 3.05) is 79.8 Å². The van der Waals surface area contributed by atoms with Gasteiger partial charge in [-0.05, 0) is 128 Å². The van der Waals surface area contributed by atoms with Crippen LogP contribution >= 0.6 is 0 Å². The van der Waals surface area contributed by atoms with Crippen LogP contribution in [0.2, 0.25) is 0 Å². The van der Waals surface area contributed by atoms with Gasteiger partial charge in [0, 0.05) is 64.1 Å². The Balaban J connectivity index is 0.000000926. The van der Waals surface area contributed by atoms with Crippen molar-refractivity contribution in [3.05, 3.63) is 24.3 Å². The summed E-state index contributed by atoms with van der Waals surface area (Å²) in [4.78, 5) is 45.3. The molecule has 4 atom stereocenters. The first-order valence-corrected chi connectivity index (χ1v) is 24.2. The molecular formula is C50H90O12. The lowest BCUT2D eigenvalue weighted by atomic mass is 9.82. The zero-order valence-corrected chi connectivity index (χ0v) is 40.3. The van der Waals surface area contributed by atoms with E-state index in [1.54, 1.807) is 59.5 Å². The van der Waals surface area contributed by atoms with Crippen LogP contribution in [-0.2, 0) is 57.1 Å². The SMILES string of the molecule is C1CC2C3CCC(C3)C2C1.C=C(C)C(=O)OCCCCCCC(=O)OCCOCCCCOC.C=C(C)C(=O)OCCCCCCC(=O)OCCOCCCCOCC.CCC. The van der Waals surface area contributed by atoms with Crippen molar-refractivity contribution in [2.45, 2.75) is 169 Å². The third kappa shape index (κ3) is 33.7. The van der Waals surface area contributed by atoms with Crippen molar-refractivity contribution in [3.63, 3.8) is 0 Å². The molecule has 62 heavy (non-hydrogen) atoms. The van der Waals surface area contributed by atoms with Gasteiger partial charge in [-0.25, -0.2) is 9.59 Å². The third-order valence-electron chi connectivity index (χ3n) is 11.0. The Morgan fingerprint density at radius 1 is 0.468 bits per heavy atom. The third-order valence-corrected chi connectivity index (χ3v) is 11.0. The van der Waals surface area contributed by atoms with Crippen molar-refractivity contribution in [3.8, 4) is 0 Å². The smallest absolute Gasteiger partial charge is 0.333 e. The second kappa shape index (κ2) is 42.2. The topological polar surface area (TPSA) is 142 Å². The predicted octanol–water partition coefficient (Wildman–Crippen LogP) is 10.7. The minimum absolute atomic E-state index is 0.186. The summed E-state index contributed by atoms with van der Waals surface area (Å²) in [5.74, 6) is 3.73. The highest BCUT2D eigenvalue weighted by Gasteiger charge is 2.48. The second-order valence-electron chi connectivity index (χ2n) is 16.7. The van der Waals surface area contributed by atoms with Crippen molar-refractivity contribution in [1.29, 1.82) is 0 Å². The normalized spacial score (nSPS) is 17.8. The Labute approximate surface area is 377 Å². The fourth-order valence-corrected chi connectivity index (χ4v) is 7.82. The van der Waals surface area contributed by atoms with Crippen molar-refractivity contribution >= 4 is 23.9 Å². The minimum atomic E-state index is -0.348. The molecule has 0 heterocycles. The molecule has 12 nitrogen and oxygen atoms in total. The van der Waals surface area contributed by atoms with E-state index in [1.165, 1.54) is 30.1 Å². The van der Waals surface area contributed by atoms with Gasteiger partial charge in [0.15, 0.2) is 0 Å². The Kier molecular flexibility index (Phi) is 40.3. The fourth-order valence-electron chi connectivity index (χ4n) is 7.82. The van der Waals surface area contributed by atoms with Gasteiger partial charge in [-0.15, -0.1) is 0 Å². The number of rotatable bonds is 33. The van der Waals surface area contributed by atoms with Gasteiger partial charge in [-0.1, -0.05) is 65.5 Å². The molecular weight excluding hydrogens is 793 g/mol. The number of ether oxygens (including phenoxy) is 8. The van der Waals surface area contributed by atoms with E-state index >= 15 is 0 Å². The molecule has 0 aromatic heterocycles. The van der Waals surface area contributed by atoms with Gasteiger partial charge >= 0.3 is 23.9 Å². The monoisotopic (exact) mass is 883 g/mol. The molecule has 3 saturated carbocycles. The molecule has 0 amide bonds. The quantitative estimate of drug-likeness (QED) is 0.0268. The molecule has 2 bridgehead atoms.